The number of aromatic amines is 1. The summed E-state index contributed by atoms with van der Waals surface area (Å²) in [5.41, 5.74) is 4.69. The Morgan fingerprint density at radius 3 is 2.75 bits per heavy atom. The van der Waals surface area contributed by atoms with Crippen LogP contribution in [0, 0.1) is 0 Å². The molecule has 5 nitrogen and oxygen atoms in total. The van der Waals surface area contributed by atoms with E-state index in [-0.39, 0.29) is 6.03 Å². The molecule has 2 N–H and O–H groups in total. The lowest BCUT2D eigenvalue weighted by Crippen LogP contribution is -2.30. The minimum Gasteiger partial charge on any atom is -0.314 e. The fourth-order valence-electron chi connectivity index (χ4n) is 2.89. The number of halogens is 1. The maximum atomic E-state index is 12.5. The lowest BCUT2D eigenvalue weighted by molar-refractivity contribution is 0.212. The summed E-state index contributed by atoms with van der Waals surface area (Å²) < 4.78 is 0. The van der Waals surface area contributed by atoms with Crippen LogP contribution in [0.15, 0.2) is 54.6 Å². The normalized spacial score (nSPS) is 13.0. The highest BCUT2D eigenvalue weighted by Gasteiger charge is 2.28. The molecule has 0 saturated heterocycles. The first-order chi connectivity index (χ1) is 11.7. The zero-order valence-corrected chi connectivity index (χ0v) is 13.5. The summed E-state index contributed by atoms with van der Waals surface area (Å²) in [5, 5.41) is 10.9. The molecule has 0 fully saturated rings. The van der Waals surface area contributed by atoms with Gasteiger partial charge in [-0.05, 0) is 18.2 Å². The number of carbonyl (C=O) groups is 1. The van der Waals surface area contributed by atoms with Gasteiger partial charge in [-0.2, -0.15) is 5.10 Å². The van der Waals surface area contributed by atoms with Crippen LogP contribution in [-0.4, -0.2) is 21.1 Å². The van der Waals surface area contributed by atoms with Crippen LogP contribution in [0.1, 0.15) is 11.3 Å². The highest BCUT2D eigenvalue weighted by molar-refractivity contribution is 6.30. The molecule has 6 heteroatoms. The molecular formula is C18H15ClN4O. The van der Waals surface area contributed by atoms with Crippen LogP contribution < -0.4 is 5.32 Å². The number of carbonyl (C=O) groups excluding carboxylic acids is 1. The van der Waals surface area contributed by atoms with Crippen LogP contribution in [0.25, 0.3) is 11.3 Å². The van der Waals surface area contributed by atoms with Crippen molar-refractivity contribution in [1.82, 2.24) is 15.1 Å². The molecule has 120 valence electrons. The van der Waals surface area contributed by atoms with Crippen molar-refractivity contribution in [3.05, 3.63) is 70.9 Å². The van der Waals surface area contributed by atoms with Gasteiger partial charge < -0.3 is 10.2 Å². The number of hydrogen-bond acceptors (Lipinski definition) is 2. The molecule has 0 aliphatic carbocycles. The number of amides is 2. The first kappa shape index (κ1) is 14.8. The number of rotatable bonds is 2. The van der Waals surface area contributed by atoms with Crippen molar-refractivity contribution in [1.29, 1.82) is 0 Å². The Morgan fingerprint density at radius 1 is 1.12 bits per heavy atom. The van der Waals surface area contributed by atoms with E-state index in [0.717, 1.165) is 22.5 Å². The Hall–Kier alpha value is -2.79. The lowest BCUT2D eigenvalue weighted by atomic mass is 10.1. The topological polar surface area (TPSA) is 61.0 Å². The van der Waals surface area contributed by atoms with Gasteiger partial charge in [0.1, 0.15) is 0 Å². The summed E-state index contributed by atoms with van der Waals surface area (Å²) in [6.45, 7) is 1.05. The third-order valence-corrected chi connectivity index (χ3v) is 4.30. The van der Waals surface area contributed by atoms with Crippen molar-refractivity contribution in [3.8, 4) is 11.3 Å². The van der Waals surface area contributed by atoms with Gasteiger partial charge in [0.25, 0.3) is 0 Å². The monoisotopic (exact) mass is 338 g/mol. The lowest BCUT2D eigenvalue weighted by Gasteiger charge is -2.17. The third-order valence-electron chi connectivity index (χ3n) is 4.06. The van der Waals surface area contributed by atoms with Crippen molar-refractivity contribution in [2.75, 3.05) is 5.32 Å². The Labute approximate surface area is 144 Å². The van der Waals surface area contributed by atoms with E-state index in [0.29, 0.717) is 23.8 Å². The highest BCUT2D eigenvalue weighted by atomic mass is 35.5. The fourth-order valence-corrected chi connectivity index (χ4v) is 3.08. The molecule has 1 aliphatic rings. The molecule has 3 aromatic rings. The number of H-pyrrole nitrogens is 1. The van der Waals surface area contributed by atoms with Gasteiger partial charge >= 0.3 is 6.03 Å². The van der Waals surface area contributed by atoms with Crippen LogP contribution in [0.4, 0.5) is 10.5 Å². The minimum atomic E-state index is -0.152. The SMILES string of the molecule is O=C(Nc1cccc(Cl)c1)N1Cc2[nH]nc(-c3ccccc3)c2C1. The van der Waals surface area contributed by atoms with Crippen molar-refractivity contribution in [3.63, 3.8) is 0 Å². The Bertz CT molecular complexity index is 891. The molecule has 2 amide bonds. The summed E-state index contributed by atoms with van der Waals surface area (Å²) in [6, 6.07) is 16.9. The van der Waals surface area contributed by atoms with Gasteiger partial charge in [-0.25, -0.2) is 4.79 Å². The first-order valence-corrected chi connectivity index (χ1v) is 8.01. The van der Waals surface area contributed by atoms with E-state index >= 15 is 0 Å². The van der Waals surface area contributed by atoms with Crippen LogP contribution in [-0.2, 0) is 13.1 Å². The predicted octanol–water partition coefficient (Wildman–Crippen LogP) is 4.28. The largest absolute Gasteiger partial charge is 0.322 e. The van der Waals surface area contributed by atoms with Gasteiger partial charge in [0.15, 0.2) is 0 Å². The molecule has 0 atom stereocenters. The number of nitrogens with one attached hydrogen (secondary N) is 2. The van der Waals surface area contributed by atoms with Gasteiger partial charge in [-0.1, -0.05) is 48.0 Å². The summed E-state index contributed by atoms with van der Waals surface area (Å²) in [4.78, 5) is 14.2. The summed E-state index contributed by atoms with van der Waals surface area (Å²) in [6.07, 6.45) is 0. The molecule has 0 unspecified atom stereocenters. The van der Waals surface area contributed by atoms with Crippen LogP contribution in [0.2, 0.25) is 5.02 Å². The molecular weight excluding hydrogens is 324 g/mol. The zero-order valence-electron chi connectivity index (χ0n) is 12.8. The molecule has 0 radical (unpaired) electrons. The smallest absolute Gasteiger partial charge is 0.314 e. The maximum Gasteiger partial charge on any atom is 0.322 e. The van der Waals surface area contributed by atoms with Gasteiger partial charge in [0.05, 0.1) is 24.5 Å². The zero-order chi connectivity index (χ0) is 16.5. The molecule has 0 saturated carbocycles. The number of aromatic nitrogens is 2. The number of benzene rings is 2. The molecule has 2 aromatic carbocycles. The Morgan fingerprint density at radius 2 is 1.96 bits per heavy atom. The van der Waals surface area contributed by atoms with Gasteiger partial charge in [-0.15, -0.1) is 0 Å². The number of urea groups is 1. The fraction of sp³-hybridized carbons (Fsp3) is 0.111. The van der Waals surface area contributed by atoms with Gasteiger partial charge in [0, 0.05) is 21.8 Å². The number of anilines is 1. The quantitative estimate of drug-likeness (QED) is 0.732. The first-order valence-electron chi connectivity index (χ1n) is 7.64. The minimum absolute atomic E-state index is 0.152. The third kappa shape index (κ3) is 2.74. The molecule has 4 rings (SSSR count). The number of fused-ring (bicyclic) bond motifs is 1. The van der Waals surface area contributed by atoms with E-state index in [1.165, 1.54) is 0 Å². The molecule has 24 heavy (non-hydrogen) atoms. The van der Waals surface area contributed by atoms with E-state index in [2.05, 4.69) is 15.5 Å². The highest BCUT2D eigenvalue weighted by Crippen LogP contribution is 2.30. The molecule has 0 spiro atoms. The van der Waals surface area contributed by atoms with Crippen molar-refractivity contribution in [2.24, 2.45) is 0 Å². The van der Waals surface area contributed by atoms with Crippen LogP contribution in [0.3, 0.4) is 0 Å². The Balaban J connectivity index is 1.52. The van der Waals surface area contributed by atoms with Crippen molar-refractivity contribution in [2.45, 2.75) is 13.1 Å². The second kappa shape index (κ2) is 6.02. The van der Waals surface area contributed by atoms with Crippen LogP contribution in [0.5, 0.6) is 0 Å². The predicted molar refractivity (Wildman–Crippen MR) is 93.7 cm³/mol. The van der Waals surface area contributed by atoms with Crippen molar-refractivity contribution >= 4 is 23.3 Å². The van der Waals surface area contributed by atoms with E-state index in [4.69, 9.17) is 11.6 Å². The average Bonchev–Trinajstić information content (AvgIpc) is 3.16. The van der Waals surface area contributed by atoms with E-state index in [1.54, 1.807) is 17.0 Å². The van der Waals surface area contributed by atoms with Crippen molar-refractivity contribution < 1.29 is 4.79 Å². The number of nitrogens with zero attached hydrogens (tertiary/aromatic N) is 2. The maximum absolute atomic E-state index is 12.5. The van der Waals surface area contributed by atoms with E-state index < -0.39 is 0 Å². The second-order valence-corrected chi connectivity index (χ2v) is 6.13. The second-order valence-electron chi connectivity index (χ2n) is 5.69. The molecule has 0 bridgehead atoms. The van der Waals surface area contributed by atoms with E-state index in [9.17, 15) is 4.79 Å². The van der Waals surface area contributed by atoms with Crippen LogP contribution >= 0.6 is 11.6 Å². The summed E-state index contributed by atoms with van der Waals surface area (Å²) >= 11 is 5.95. The standard InChI is InChI=1S/C18H15ClN4O/c19-13-7-4-8-14(9-13)20-18(24)23-10-15-16(11-23)21-22-17(15)12-5-2-1-3-6-12/h1-9H,10-11H2,(H,20,24)(H,21,22). The Kier molecular flexibility index (Phi) is 3.70. The summed E-state index contributed by atoms with van der Waals surface area (Å²) in [7, 11) is 0. The van der Waals surface area contributed by atoms with Gasteiger partial charge in [-0.3, -0.25) is 5.10 Å². The molecule has 1 aromatic heterocycles. The van der Waals surface area contributed by atoms with Gasteiger partial charge in [0.2, 0.25) is 0 Å². The molecule has 2 heterocycles. The molecule has 1 aliphatic heterocycles. The summed E-state index contributed by atoms with van der Waals surface area (Å²) in [5.74, 6) is 0. The van der Waals surface area contributed by atoms with E-state index in [1.807, 2.05) is 42.5 Å². The number of hydrogen-bond donors (Lipinski definition) is 2. The average molecular weight is 339 g/mol.